The first kappa shape index (κ1) is 20.7. The zero-order valence-electron chi connectivity index (χ0n) is 14.9. The van der Waals surface area contributed by atoms with Crippen LogP contribution in [0.25, 0.3) is 0 Å². The van der Waals surface area contributed by atoms with Crippen LogP contribution < -0.4 is 16.4 Å². The van der Waals surface area contributed by atoms with Crippen LogP contribution in [0, 0.1) is 0 Å². The number of aromatic nitrogens is 2. The Kier molecular flexibility index (Phi) is 9.96. The Labute approximate surface area is 148 Å². The summed E-state index contributed by atoms with van der Waals surface area (Å²) in [5.74, 6) is -1.27. The van der Waals surface area contributed by atoms with Crippen LogP contribution in [-0.4, -0.2) is 40.1 Å². The topological polar surface area (TPSA) is 119 Å². The molecule has 25 heavy (non-hydrogen) atoms. The van der Waals surface area contributed by atoms with E-state index in [9.17, 15) is 14.4 Å². The molecule has 8 heteroatoms. The number of carbonyl (C=O) groups is 3. The number of primary amides is 1. The van der Waals surface area contributed by atoms with E-state index in [1.165, 1.54) is 0 Å². The lowest BCUT2D eigenvalue weighted by Gasteiger charge is -2.17. The van der Waals surface area contributed by atoms with Crippen molar-refractivity contribution in [1.29, 1.82) is 0 Å². The molecular weight excluding hydrogens is 322 g/mol. The van der Waals surface area contributed by atoms with E-state index in [0.29, 0.717) is 19.5 Å². The molecule has 0 spiro atoms. The number of hydrogen-bond donors (Lipinski definition) is 3. The van der Waals surface area contributed by atoms with Crippen LogP contribution >= 0.6 is 0 Å². The Morgan fingerprint density at radius 2 is 1.96 bits per heavy atom. The van der Waals surface area contributed by atoms with Gasteiger partial charge in [0.15, 0.2) is 0 Å². The van der Waals surface area contributed by atoms with Crippen molar-refractivity contribution in [2.45, 2.75) is 64.5 Å². The number of amides is 3. The smallest absolute Gasteiger partial charge is 0.243 e. The van der Waals surface area contributed by atoms with Gasteiger partial charge in [-0.05, 0) is 12.5 Å². The summed E-state index contributed by atoms with van der Waals surface area (Å²) in [6.07, 6.45) is 8.73. The second kappa shape index (κ2) is 12.0. The Hall–Kier alpha value is -2.38. The highest BCUT2D eigenvalue weighted by Gasteiger charge is 2.22. The SMILES string of the molecule is CCCCCCCC(=O)N[C@H](CC(N)=O)C(=O)NCCn1cccn1. The van der Waals surface area contributed by atoms with Gasteiger partial charge in [-0.3, -0.25) is 19.1 Å². The first-order valence-electron chi connectivity index (χ1n) is 8.85. The average Bonchev–Trinajstić information content (AvgIpc) is 3.07. The first-order valence-corrected chi connectivity index (χ1v) is 8.85. The van der Waals surface area contributed by atoms with Crippen molar-refractivity contribution in [3.05, 3.63) is 18.5 Å². The van der Waals surface area contributed by atoms with Gasteiger partial charge in [-0.25, -0.2) is 0 Å². The zero-order valence-corrected chi connectivity index (χ0v) is 14.9. The van der Waals surface area contributed by atoms with E-state index < -0.39 is 17.9 Å². The monoisotopic (exact) mass is 351 g/mol. The summed E-state index contributed by atoms with van der Waals surface area (Å²) in [4.78, 5) is 35.3. The van der Waals surface area contributed by atoms with E-state index in [1.54, 1.807) is 23.1 Å². The number of rotatable bonds is 13. The number of unbranched alkanes of at least 4 members (excludes halogenated alkanes) is 4. The predicted octanol–water partition coefficient (Wildman–Crippen LogP) is 0.720. The second-order valence-electron chi connectivity index (χ2n) is 6.01. The molecule has 1 heterocycles. The van der Waals surface area contributed by atoms with Crippen molar-refractivity contribution in [2.75, 3.05) is 6.54 Å². The van der Waals surface area contributed by atoms with Crippen molar-refractivity contribution < 1.29 is 14.4 Å². The van der Waals surface area contributed by atoms with Gasteiger partial charge in [0, 0.05) is 25.4 Å². The van der Waals surface area contributed by atoms with E-state index in [0.717, 1.165) is 32.1 Å². The van der Waals surface area contributed by atoms with Gasteiger partial charge in [0.1, 0.15) is 6.04 Å². The first-order chi connectivity index (χ1) is 12.0. The molecule has 0 saturated heterocycles. The summed E-state index contributed by atoms with van der Waals surface area (Å²) < 4.78 is 1.68. The molecule has 0 aliphatic heterocycles. The Morgan fingerprint density at radius 3 is 2.60 bits per heavy atom. The van der Waals surface area contributed by atoms with E-state index in [-0.39, 0.29) is 12.3 Å². The van der Waals surface area contributed by atoms with Gasteiger partial charge in [0.2, 0.25) is 17.7 Å². The molecule has 8 nitrogen and oxygen atoms in total. The Bertz CT molecular complexity index is 530. The fraction of sp³-hybridized carbons (Fsp3) is 0.647. The van der Waals surface area contributed by atoms with Crippen LogP contribution in [-0.2, 0) is 20.9 Å². The molecule has 1 atom stereocenters. The third-order valence-electron chi connectivity index (χ3n) is 3.76. The van der Waals surface area contributed by atoms with Crippen molar-refractivity contribution in [3.63, 3.8) is 0 Å². The number of nitrogens with two attached hydrogens (primary N) is 1. The van der Waals surface area contributed by atoms with Gasteiger partial charge in [-0.2, -0.15) is 5.10 Å². The minimum atomic E-state index is -0.932. The Morgan fingerprint density at radius 1 is 1.20 bits per heavy atom. The maximum absolute atomic E-state index is 12.2. The molecule has 0 aliphatic carbocycles. The summed E-state index contributed by atoms with van der Waals surface area (Å²) >= 11 is 0. The van der Waals surface area contributed by atoms with Gasteiger partial charge in [0.25, 0.3) is 0 Å². The van der Waals surface area contributed by atoms with E-state index >= 15 is 0 Å². The molecule has 1 rings (SSSR count). The third-order valence-corrected chi connectivity index (χ3v) is 3.76. The van der Waals surface area contributed by atoms with Crippen molar-refractivity contribution in [3.8, 4) is 0 Å². The van der Waals surface area contributed by atoms with Crippen LogP contribution in [0.3, 0.4) is 0 Å². The average molecular weight is 351 g/mol. The van der Waals surface area contributed by atoms with E-state index in [2.05, 4.69) is 22.7 Å². The molecule has 0 unspecified atom stereocenters. The minimum Gasteiger partial charge on any atom is -0.370 e. The Balaban J connectivity index is 2.36. The van der Waals surface area contributed by atoms with Crippen LogP contribution in [0.15, 0.2) is 18.5 Å². The number of hydrogen-bond acceptors (Lipinski definition) is 4. The lowest BCUT2D eigenvalue weighted by molar-refractivity contribution is -0.131. The van der Waals surface area contributed by atoms with Crippen LogP contribution in [0.5, 0.6) is 0 Å². The summed E-state index contributed by atoms with van der Waals surface area (Å²) in [5, 5.41) is 9.33. The highest BCUT2D eigenvalue weighted by Crippen LogP contribution is 2.05. The second-order valence-corrected chi connectivity index (χ2v) is 6.01. The largest absolute Gasteiger partial charge is 0.370 e. The lowest BCUT2D eigenvalue weighted by Crippen LogP contribution is -2.49. The summed E-state index contributed by atoms with van der Waals surface area (Å²) in [6, 6.07) is 0.858. The highest BCUT2D eigenvalue weighted by atomic mass is 16.2. The molecule has 0 saturated carbocycles. The lowest BCUT2D eigenvalue weighted by atomic mass is 10.1. The molecule has 0 aliphatic rings. The normalized spacial score (nSPS) is 11.7. The molecule has 0 radical (unpaired) electrons. The molecule has 0 aromatic carbocycles. The maximum Gasteiger partial charge on any atom is 0.243 e. The van der Waals surface area contributed by atoms with Crippen LogP contribution in [0.4, 0.5) is 0 Å². The maximum atomic E-state index is 12.2. The molecule has 0 bridgehead atoms. The standard InChI is InChI=1S/C17H29N5O3/c1-2-3-4-5-6-8-16(24)21-14(13-15(18)23)17(25)19-10-12-22-11-7-9-20-22/h7,9,11,14H,2-6,8,10,12-13H2,1H3,(H2,18,23)(H,19,25)(H,21,24)/t14-/m1/s1. The summed E-state index contributed by atoms with van der Waals surface area (Å²) in [5.41, 5.74) is 5.18. The molecule has 4 N–H and O–H groups in total. The van der Waals surface area contributed by atoms with Crippen molar-refractivity contribution >= 4 is 17.7 Å². The third kappa shape index (κ3) is 9.49. The molecule has 1 aromatic heterocycles. The molecule has 3 amide bonds. The molecular formula is C17H29N5O3. The summed E-state index contributed by atoms with van der Waals surface area (Å²) in [7, 11) is 0. The highest BCUT2D eigenvalue weighted by molar-refractivity contribution is 5.91. The van der Waals surface area contributed by atoms with Crippen LogP contribution in [0.1, 0.15) is 51.9 Å². The molecule has 0 fully saturated rings. The van der Waals surface area contributed by atoms with Gasteiger partial charge in [-0.15, -0.1) is 0 Å². The quantitative estimate of drug-likeness (QED) is 0.454. The fourth-order valence-electron chi connectivity index (χ4n) is 2.42. The van der Waals surface area contributed by atoms with E-state index in [1.807, 2.05) is 0 Å². The van der Waals surface area contributed by atoms with Crippen LogP contribution in [0.2, 0.25) is 0 Å². The molecule has 140 valence electrons. The van der Waals surface area contributed by atoms with Crippen molar-refractivity contribution in [1.82, 2.24) is 20.4 Å². The number of nitrogens with zero attached hydrogens (tertiary/aromatic N) is 2. The number of nitrogens with one attached hydrogen (secondary N) is 2. The van der Waals surface area contributed by atoms with Gasteiger partial charge < -0.3 is 16.4 Å². The van der Waals surface area contributed by atoms with E-state index in [4.69, 9.17) is 5.73 Å². The minimum absolute atomic E-state index is 0.213. The van der Waals surface area contributed by atoms with Gasteiger partial charge in [0.05, 0.1) is 13.0 Å². The summed E-state index contributed by atoms with van der Waals surface area (Å²) in [6.45, 7) is 2.99. The zero-order chi connectivity index (χ0) is 18.5. The van der Waals surface area contributed by atoms with Crippen molar-refractivity contribution in [2.24, 2.45) is 5.73 Å². The fourth-order valence-corrected chi connectivity index (χ4v) is 2.42. The van der Waals surface area contributed by atoms with Gasteiger partial charge >= 0.3 is 0 Å². The van der Waals surface area contributed by atoms with Gasteiger partial charge in [-0.1, -0.05) is 32.6 Å². The molecule has 1 aromatic rings. The number of carbonyl (C=O) groups excluding carboxylic acids is 3. The predicted molar refractivity (Wildman–Crippen MR) is 94.4 cm³/mol.